The van der Waals surface area contributed by atoms with Crippen LogP contribution < -0.4 is 21.1 Å². The zero-order valence-electron chi connectivity index (χ0n) is 20.3. The zero-order valence-corrected chi connectivity index (χ0v) is 20.3. The number of rotatable bonds is 9. The number of nitrogens with two attached hydrogens (primary N) is 1. The Labute approximate surface area is 214 Å². The lowest BCUT2D eigenvalue weighted by atomic mass is 10.0. The molecule has 1 fully saturated rings. The highest BCUT2D eigenvalue weighted by Gasteiger charge is 2.42. The molecule has 0 radical (unpaired) electrons. The molecule has 0 atom stereocenters. The molecule has 12 heteroatoms. The van der Waals surface area contributed by atoms with Crippen LogP contribution in [0.25, 0.3) is 16.9 Å². The van der Waals surface area contributed by atoms with Gasteiger partial charge in [-0.3, -0.25) is 9.20 Å². The van der Waals surface area contributed by atoms with Crippen LogP contribution in [0.1, 0.15) is 35.7 Å². The van der Waals surface area contributed by atoms with Crippen molar-refractivity contribution in [2.75, 3.05) is 11.9 Å². The predicted octanol–water partition coefficient (Wildman–Crippen LogP) is 4.80. The molecule has 1 amide bonds. The Morgan fingerprint density at radius 2 is 1.97 bits per heavy atom. The molecule has 8 nitrogen and oxygen atoms in total. The van der Waals surface area contributed by atoms with Gasteiger partial charge in [-0.1, -0.05) is 6.92 Å². The number of fused-ring (bicyclic) bond motifs is 1. The van der Waals surface area contributed by atoms with E-state index in [4.69, 9.17) is 5.73 Å². The zero-order chi connectivity index (χ0) is 27.0. The Morgan fingerprint density at radius 3 is 2.66 bits per heavy atom. The number of benzene rings is 2. The molecule has 198 valence electrons. The molecule has 5 rings (SSSR count). The molecule has 0 saturated heterocycles. The first-order valence-corrected chi connectivity index (χ1v) is 11.9. The number of amides is 1. The van der Waals surface area contributed by atoms with E-state index in [1.54, 1.807) is 12.1 Å². The highest BCUT2D eigenvalue weighted by Crippen LogP contribution is 2.35. The van der Waals surface area contributed by atoms with Gasteiger partial charge in [0, 0.05) is 35.8 Å². The molecule has 0 unspecified atom stereocenters. The van der Waals surface area contributed by atoms with Crippen molar-refractivity contribution in [1.82, 2.24) is 19.7 Å². The number of hydrogen-bond acceptors (Lipinski definition) is 6. The minimum Gasteiger partial charge on any atom is -0.432 e. The van der Waals surface area contributed by atoms with E-state index in [9.17, 15) is 22.4 Å². The maximum Gasteiger partial charge on any atom is 0.387 e. The second kappa shape index (κ2) is 9.93. The van der Waals surface area contributed by atoms with Crippen LogP contribution in [-0.4, -0.2) is 39.0 Å². The number of aryl methyl sites for hydroxylation is 1. The van der Waals surface area contributed by atoms with Gasteiger partial charge in [0.25, 0.3) is 5.91 Å². The largest absolute Gasteiger partial charge is 0.432 e. The fraction of sp³-hybridized carbons (Fsp3) is 0.269. The molecule has 4 N–H and O–H groups in total. The normalized spacial score (nSPS) is 14.1. The number of carbonyl (C=O) groups excluding carboxylic acids is 1. The first-order valence-electron chi connectivity index (χ1n) is 11.9. The molecule has 0 aliphatic heterocycles. The summed E-state index contributed by atoms with van der Waals surface area (Å²) >= 11 is 0. The summed E-state index contributed by atoms with van der Waals surface area (Å²) in [5.74, 6) is -3.61. The summed E-state index contributed by atoms with van der Waals surface area (Å²) in [6, 6.07) is 7.37. The molecule has 2 heterocycles. The molecule has 0 bridgehead atoms. The first-order chi connectivity index (χ1) is 18.2. The second-order valence-corrected chi connectivity index (χ2v) is 9.02. The number of imidazole rings is 1. The Bertz CT molecular complexity index is 1520. The van der Waals surface area contributed by atoms with Gasteiger partial charge in [0.15, 0.2) is 23.0 Å². The lowest BCUT2D eigenvalue weighted by Gasteiger charge is -2.17. The standard InChI is InChI=1S/C26H24F4N6O2/c1-2-14-11-15(3-4-16(14)24(37)35-26(13-31)7-8-26)34-22-23-33-12-18(36(23)10-9-32-22)17-5-6-19(38-25(29)30)21(28)20(17)27/h3-6,9-12,25H,2,7-8,13,31H2,1H3,(H,32,34)(H,35,37). The van der Waals surface area contributed by atoms with Crippen LogP contribution in [0.4, 0.5) is 29.1 Å². The van der Waals surface area contributed by atoms with Crippen LogP contribution in [-0.2, 0) is 6.42 Å². The fourth-order valence-corrected chi connectivity index (χ4v) is 4.28. The Kier molecular flexibility index (Phi) is 6.66. The smallest absolute Gasteiger partial charge is 0.387 e. The van der Waals surface area contributed by atoms with E-state index in [0.717, 1.165) is 30.5 Å². The molecule has 1 aliphatic carbocycles. The van der Waals surface area contributed by atoms with Crippen molar-refractivity contribution in [2.24, 2.45) is 5.73 Å². The lowest BCUT2D eigenvalue weighted by Crippen LogP contribution is -2.42. The van der Waals surface area contributed by atoms with Crippen LogP contribution in [0, 0.1) is 11.6 Å². The third kappa shape index (κ3) is 4.74. The van der Waals surface area contributed by atoms with Gasteiger partial charge >= 0.3 is 6.61 Å². The van der Waals surface area contributed by atoms with Crippen molar-refractivity contribution in [1.29, 1.82) is 0 Å². The van der Waals surface area contributed by atoms with Gasteiger partial charge in [-0.2, -0.15) is 13.2 Å². The summed E-state index contributed by atoms with van der Waals surface area (Å²) in [5.41, 5.74) is 7.81. The monoisotopic (exact) mass is 528 g/mol. The van der Waals surface area contributed by atoms with Gasteiger partial charge in [0.2, 0.25) is 5.82 Å². The van der Waals surface area contributed by atoms with E-state index >= 15 is 0 Å². The quantitative estimate of drug-likeness (QED) is 0.270. The van der Waals surface area contributed by atoms with Crippen LogP contribution in [0.5, 0.6) is 5.75 Å². The predicted molar refractivity (Wildman–Crippen MR) is 133 cm³/mol. The second-order valence-electron chi connectivity index (χ2n) is 9.02. The maximum atomic E-state index is 14.8. The number of anilines is 2. The highest BCUT2D eigenvalue weighted by molar-refractivity contribution is 5.97. The third-order valence-electron chi connectivity index (χ3n) is 6.58. The molecular formula is C26H24F4N6O2. The van der Waals surface area contributed by atoms with Crippen molar-refractivity contribution >= 4 is 23.1 Å². The summed E-state index contributed by atoms with van der Waals surface area (Å²) < 4.78 is 59.5. The SMILES string of the molecule is CCc1cc(Nc2nccn3c(-c4ccc(OC(F)F)c(F)c4F)cnc23)ccc1C(=O)NC1(CN)CC1. The molecule has 1 aliphatic rings. The van der Waals surface area contributed by atoms with Crippen molar-refractivity contribution < 1.29 is 27.1 Å². The average Bonchev–Trinajstić information content (AvgIpc) is 3.55. The van der Waals surface area contributed by atoms with Gasteiger partial charge < -0.3 is 21.1 Å². The number of nitrogens with zero attached hydrogens (tertiary/aromatic N) is 3. The Hall–Kier alpha value is -4.19. The average molecular weight is 529 g/mol. The topological polar surface area (TPSA) is 107 Å². The van der Waals surface area contributed by atoms with Gasteiger partial charge in [-0.25, -0.2) is 14.4 Å². The van der Waals surface area contributed by atoms with E-state index in [1.165, 1.54) is 23.0 Å². The van der Waals surface area contributed by atoms with Crippen molar-refractivity contribution in [3.63, 3.8) is 0 Å². The molecule has 2 aromatic heterocycles. The number of aromatic nitrogens is 3. The van der Waals surface area contributed by atoms with Crippen LogP contribution >= 0.6 is 0 Å². The molecule has 38 heavy (non-hydrogen) atoms. The van der Waals surface area contributed by atoms with Gasteiger partial charge in [-0.05, 0) is 55.2 Å². The summed E-state index contributed by atoms with van der Waals surface area (Å²) in [6.45, 7) is -0.953. The Morgan fingerprint density at radius 1 is 1.18 bits per heavy atom. The summed E-state index contributed by atoms with van der Waals surface area (Å²) in [4.78, 5) is 21.4. The summed E-state index contributed by atoms with van der Waals surface area (Å²) in [7, 11) is 0. The van der Waals surface area contributed by atoms with Gasteiger partial charge in [0.05, 0.1) is 17.4 Å². The Balaban J connectivity index is 1.43. The number of halogens is 4. The molecule has 4 aromatic rings. The van der Waals surface area contributed by atoms with Crippen LogP contribution in [0.3, 0.4) is 0 Å². The third-order valence-corrected chi connectivity index (χ3v) is 6.58. The minimum atomic E-state index is -3.29. The summed E-state index contributed by atoms with van der Waals surface area (Å²) in [6.07, 6.45) is 6.62. The lowest BCUT2D eigenvalue weighted by molar-refractivity contribution is -0.0525. The number of ether oxygens (including phenoxy) is 1. The first kappa shape index (κ1) is 25.5. The van der Waals surface area contributed by atoms with E-state index < -0.39 is 24.0 Å². The van der Waals surface area contributed by atoms with Crippen LogP contribution in [0.2, 0.25) is 0 Å². The van der Waals surface area contributed by atoms with Gasteiger partial charge in [0.1, 0.15) is 0 Å². The highest BCUT2D eigenvalue weighted by atomic mass is 19.3. The number of hydrogen-bond donors (Lipinski definition) is 3. The van der Waals surface area contributed by atoms with Crippen LogP contribution in [0.15, 0.2) is 48.9 Å². The van der Waals surface area contributed by atoms with Gasteiger partial charge in [-0.15, -0.1) is 0 Å². The number of alkyl halides is 2. The molecule has 1 saturated carbocycles. The fourth-order valence-electron chi connectivity index (χ4n) is 4.28. The van der Waals surface area contributed by atoms with Crippen molar-refractivity contribution in [2.45, 2.75) is 38.3 Å². The molecule has 2 aromatic carbocycles. The summed E-state index contributed by atoms with van der Waals surface area (Å²) in [5, 5.41) is 6.19. The van der Waals surface area contributed by atoms with Crippen molar-refractivity contribution in [3.8, 4) is 17.0 Å². The van der Waals surface area contributed by atoms with E-state index in [2.05, 4.69) is 25.3 Å². The van der Waals surface area contributed by atoms with Crippen molar-refractivity contribution in [3.05, 3.63) is 71.7 Å². The molecular weight excluding hydrogens is 504 g/mol. The molecule has 0 spiro atoms. The maximum absolute atomic E-state index is 14.8. The van der Waals surface area contributed by atoms with E-state index in [0.29, 0.717) is 35.7 Å². The number of nitrogens with one attached hydrogen (secondary N) is 2. The number of carbonyl (C=O) groups is 1. The van der Waals surface area contributed by atoms with E-state index in [-0.39, 0.29) is 22.7 Å². The minimum absolute atomic E-state index is 0.172. The van der Waals surface area contributed by atoms with E-state index in [1.807, 2.05) is 13.0 Å².